The Morgan fingerprint density at radius 1 is 0.128 bits per heavy atom. The molecule has 0 aliphatic heterocycles. The predicted octanol–water partition coefficient (Wildman–Crippen LogP) is 35.9. The zero-order valence-corrected chi connectivity index (χ0v) is 76.4. The molecule has 0 saturated carbocycles. The first kappa shape index (κ1) is 80.5. The Labute approximate surface area is 809 Å². The van der Waals surface area contributed by atoms with E-state index in [9.17, 15) is 0 Å². The monoisotopic (exact) mass is 1800 g/mol. The van der Waals surface area contributed by atoms with E-state index < -0.39 is 0 Å². The van der Waals surface area contributed by atoms with Gasteiger partial charge in [-0.1, -0.05) is 340 Å². The Bertz CT molecular complexity index is 10100. The quantitative estimate of drug-likeness (QED) is 0.122. The summed E-state index contributed by atoms with van der Waals surface area (Å²) in [6.07, 6.45) is 0. The summed E-state index contributed by atoms with van der Waals surface area (Å²) in [5, 5.41) is 14.3. The van der Waals surface area contributed by atoms with Gasteiger partial charge in [-0.25, -0.2) is 0 Å². The topological polar surface area (TPSA) is 69.0 Å². The largest absolute Gasteiger partial charge is 0.454 e. The number of aromatic nitrogens is 6. The molecule has 30 rings (SSSR count). The van der Waals surface area contributed by atoms with Gasteiger partial charge in [0.05, 0.1) is 49.7 Å². The third kappa shape index (κ3) is 13.1. The van der Waals surface area contributed by atoms with Crippen LogP contribution < -0.4 is 0 Å². The molecule has 0 atom stereocenters. The number of para-hydroxylation sites is 14. The Morgan fingerprint density at radius 3 is 0.837 bits per heavy atom. The lowest BCUT2D eigenvalue weighted by molar-refractivity contribution is 0.672. The molecule has 660 valence electrons. The zero-order valence-electron chi connectivity index (χ0n) is 76.4. The van der Waals surface area contributed by atoms with Crippen LogP contribution in [0.4, 0.5) is 0 Å². The zero-order chi connectivity index (χ0) is 92.7. The number of nitrogens with zero attached hydrogens (tertiary/aromatic N) is 6. The molecule has 141 heavy (non-hydrogen) atoms. The number of fused-ring (bicyclic) bond motifs is 24. The van der Waals surface area contributed by atoms with Crippen molar-refractivity contribution in [3.05, 3.63) is 510 Å². The van der Waals surface area contributed by atoms with Gasteiger partial charge < -0.3 is 40.7 Å². The van der Waals surface area contributed by atoms with Gasteiger partial charge in [0.25, 0.3) is 0 Å². The van der Waals surface area contributed by atoms with Crippen LogP contribution in [0, 0.1) is 0 Å². The van der Waals surface area contributed by atoms with E-state index in [0.29, 0.717) is 0 Å². The highest BCUT2D eigenvalue weighted by atomic mass is 16.3. The maximum atomic E-state index is 6.80. The molecule has 9 nitrogen and oxygen atoms in total. The number of rotatable bonds is 12. The van der Waals surface area contributed by atoms with Gasteiger partial charge in [0, 0.05) is 110 Å². The number of benzene rings is 21. The van der Waals surface area contributed by atoms with E-state index in [1.165, 1.54) is 104 Å². The van der Waals surface area contributed by atoms with Crippen molar-refractivity contribution in [1.29, 1.82) is 0 Å². The number of hydrogen-bond donors (Lipinski definition) is 0. The summed E-state index contributed by atoms with van der Waals surface area (Å²) < 4.78 is 34.1. The minimum Gasteiger partial charge on any atom is -0.454 e. The van der Waals surface area contributed by atoms with Crippen molar-refractivity contribution >= 4 is 164 Å². The molecule has 0 unspecified atom stereocenters. The molecule has 0 saturated heterocycles. The molecule has 9 heteroatoms. The molecule has 0 amide bonds. The molecule has 0 aliphatic carbocycles. The lowest BCUT2D eigenvalue weighted by Gasteiger charge is -2.12. The first-order chi connectivity index (χ1) is 70.0. The smallest absolute Gasteiger partial charge is 0.161 e. The molecule has 0 radical (unpaired) electrons. The van der Waals surface area contributed by atoms with Gasteiger partial charge in [-0.15, -0.1) is 0 Å². The van der Waals surface area contributed by atoms with Gasteiger partial charge in [0.15, 0.2) is 16.7 Å². The van der Waals surface area contributed by atoms with Crippen LogP contribution in [0.1, 0.15) is 0 Å². The van der Waals surface area contributed by atoms with Gasteiger partial charge in [-0.05, 0) is 225 Å². The highest BCUT2D eigenvalue weighted by Crippen LogP contribution is 2.49. The summed E-state index contributed by atoms with van der Waals surface area (Å²) in [4.78, 5) is 0. The third-order valence-corrected chi connectivity index (χ3v) is 28.6. The summed E-state index contributed by atoms with van der Waals surface area (Å²) in [7, 11) is 0. The van der Waals surface area contributed by atoms with Crippen molar-refractivity contribution in [2.45, 2.75) is 0 Å². The number of hydrogen-bond acceptors (Lipinski definition) is 3. The fourth-order valence-corrected chi connectivity index (χ4v) is 22.3. The van der Waals surface area contributed by atoms with E-state index in [-0.39, 0.29) is 0 Å². The van der Waals surface area contributed by atoms with Gasteiger partial charge in [-0.3, -0.25) is 0 Å². The third-order valence-electron chi connectivity index (χ3n) is 28.6. The lowest BCUT2D eigenvalue weighted by atomic mass is 9.96. The van der Waals surface area contributed by atoms with E-state index in [1.807, 2.05) is 0 Å². The Balaban J connectivity index is 0.000000104. The van der Waals surface area contributed by atoms with Crippen LogP contribution in [0.15, 0.2) is 523 Å². The van der Waals surface area contributed by atoms with Crippen molar-refractivity contribution < 1.29 is 13.3 Å². The molecule has 0 bridgehead atoms. The summed E-state index contributed by atoms with van der Waals surface area (Å²) >= 11 is 0. The summed E-state index contributed by atoms with van der Waals surface area (Å²) in [5.41, 5.74) is 40.4. The summed E-state index contributed by atoms with van der Waals surface area (Å²) in [6, 6.07) is 182. The summed E-state index contributed by atoms with van der Waals surface area (Å²) in [6.45, 7) is 0. The van der Waals surface area contributed by atoms with E-state index in [0.717, 1.165) is 161 Å². The van der Waals surface area contributed by atoms with Crippen molar-refractivity contribution in [2.24, 2.45) is 0 Å². The molecule has 9 aromatic heterocycles. The van der Waals surface area contributed by atoms with Crippen LogP contribution in [0.5, 0.6) is 0 Å². The second-order valence-electron chi connectivity index (χ2n) is 36.4. The van der Waals surface area contributed by atoms with E-state index >= 15 is 0 Å². The first-order valence-corrected chi connectivity index (χ1v) is 48.1. The van der Waals surface area contributed by atoms with Gasteiger partial charge in [0.1, 0.15) is 33.3 Å². The normalized spacial score (nSPS) is 11.8. The molecule has 9 heterocycles. The SMILES string of the molecule is c1ccc(-n2c3ccccc3c3c(-c4ccc(-c5cccc6c5oc5c7ccccc7n(-c7ccccc7)c65)cc4)cccc32)cc1.c1ccc(-n2c3ccccc3c3ccc(-c4ccc(-c5ccc6c(c5)oc5c7ccccc7n(-c7ccccc7)c65)cc4)cc32)cc1.c1ccc(-n2c3ccccc3c3cccc(-c4ccc(-c5ccc6c(c5)oc5c7ccccc7n(-c7ccccc7)c65)cc4)c32)cc1. The fraction of sp³-hybridized carbons (Fsp3) is 0. The van der Waals surface area contributed by atoms with Crippen molar-refractivity contribution in [1.82, 2.24) is 27.4 Å². The van der Waals surface area contributed by atoms with Crippen LogP contribution in [0.3, 0.4) is 0 Å². The molecular formula is C132H84N6O3. The minimum absolute atomic E-state index is 0.893. The highest BCUT2D eigenvalue weighted by Gasteiger charge is 2.27. The molecule has 0 N–H and O–H groups in total. The second-order valence-corrected chi connectivity index (χ2v) is 36.4. The minimum atomic E-state index is 0.893. The lowest BCUT2D eigenvalue weighted by Crippen LogP contribution is -1.95. The van der Waals surface area contributed by atoms with E-state index in [2.05, 4.69) is 537 Å². The van der Waals surface area contributed by atoms with Crippen molar-refractivity contribution in [2.75, 3.05) is 0 Å². The van der Waals surface area contributed by atoms with Gasteiger partial charge >= 0.3 is 0 Å². The van der Waals surface area contributed by atoms with Crippen LogP contribution in [-0.4, -0.2) is 27.4 Å². The van der Waals surface area contributed by atoms with Crippen LogP contribution >= 0.6 is 0 Å². The summed E-state index contributed by atoms with van der Waals surface area (Å²) in [5.74, 6) is 0. The maximum absolute atomic E-state index is 6.80. The van der Waals surface area contributed by atoms with Crippen LogP contribution in [0.25, 0.3) is 265 Å². The maximum Gasteiger partial charge on any atom is 0.161 e. The Morgan fingerprint density at radius 2 is 0.390 bits per heavy atom. The first-order valence-electron chi connectivity index (χ1n) is 48.1. The van der Waals surface area contributed by atoms with Crippen LogP contribution in [-0.2, 0) is 0 Å². The molecule has 30 aromatic rings. The van der Waals surface area contributed by atoms with E-state index in [4.69, 9.17) is 13.3 Å². The number of furan rings is 3. The molecule has 0 fully saturated rings. The van der Waals surface area contributed by atoms with Crippen molar-refractivity contribution in [3.63, 3.8) is 0 Å². The average Bonchev–Trinajstić information content (AvgIpc) is 1.51. The Kier molecular flexibility index (Phi) is 18.8. The van der Waals surface area contributed by atoms with Gasteiger partial charge in [0.2, 0.25) is 0 Å². The average molecular weight is 1800 g/mol. The van der Waals surface area contributed by atoms with E-state index in [1.54, 1.807) is 0 Å². The molecule has 0 spiro atoms. The standard InChI is InChI=1S/3C44H28N2O/c1-3-13-31(14-4-1)45-38-22-9-7-17-35(38)41-33(19-12-24-40(41)45)29-25-27-30(28-26-29)34-20-11-21-37-42-44(47-43(34)37)36-18-8-10-23-39(36)46(42)32-15-5-2-6-16-32;1-3-12-32(13-4-1)45-39-20-9-7-16-35(39)36-19-11-18-34(42(36)45)30-24-22-29(23-25-30)31-26-27-38-41(28-31)47-44-37-17-8-10-21-40(37)46(43(38)44)33-14-5-2-6-15-33;1-3-11-33(12-4-1)45-39-17-9-7-15-35(39)36-25-23-31(27-41(36)45)29-19-21-30(22-20-29)32-24-26-38-42(28-32)47-44-37-16-8-10-18-40(37)46(43(38)44)34-13-5-2-6-14-34/h3*1-28H. The predicted molar refractivity (Wildman–Crippen MR) is 587 cm³/mol. The molecular weight excluding hydrogens is 1720 g/mol. The fourth-order valence-electron chi connectivity index (χ4n) is 22.3. The molecule has 0 aliphatic rings. The highest BCUT2D eigenvalue weighted by molar-refractivity contribution is 6.22. The van der Waals surface area contributed by atoms with Gasteiger partial charge in [-0.2, -0.15) is 0 Å². The molecule has 21 aromatic carbocycles. The second kappa shape index (κ2) is 33.0. The Hall–Kier alpha value is -19.0. The van der Waals surface area contributed by atoms with Crippen LogP contribution in [0.2, 0.25) is 0 Å². The van der Waals surface area contributed by atoms with Crippen molar-refractivity contribution in [3.8, 4) is 101 Å².